The molecule has 0 saturated heterocycles. The van der Waals surface area contributed by atoms with Gasteiger partial charge in [0, 0.05) is 20.1 Å². The van der Waals surface area contributed by atoms with Gasteiger partial charge in [0.1, 0.15) is 6.33 Å². The zero-order valence-corrected chi connectivity index (χ0v) is 13.2. The van der Waals surface area contributed by atoms with Gasteiger partial charge in [-0.3, -0.25) is 10.1 Å². The van der Waals surface area contributed by atoms with Gasteiger partial charge in [-0.1, -0.05) is 6.92 Å². The molecule has 0 aliphatic carbocycles. The van der Waals surface area contributed by atoms with Crippen LogP contribution in [0, 0.1) is 10.1 Å². The summed E-state index contributed by atoms with van der Waals surface area (Å²) >= 11 is 0. The van der Waals surface area contributed by atoms with Gasteiger partial charge < -0.3 is 15.1 Å². The Kier molecular flexibility index (Phi) is 6.80. The van der Waals surface area contributed by atoms with E-state index in [2.05, 4.69) is 20.2 Å². The first kappa shape index (κ1) is 17.1. The van der Waals surface area contributed by atoms with Gasteiger partial charge in [0.15, 0.2) is 0 Å². The molecular formula is C13H24N6O2. The summed E-state index contributed by atoms with van der Waals surface area (Å²) in [5, 5.41) is 14.3. The summed E-state index contributed by atoms with van der Waals surface area (Å²) in [5.41, 5.74) is -0.0571. The normalized spacial score (nSPS) is 10.7. The molecule has 0 radical (unpaired) electrons. The van der Waals surface area contributed by atoms with E-state index in [0.717, 1.165) is 19.4 Å². The van der Waals surface area contributed by atoms with Crippen molar-refractivity contribution in [2.24, 2.45) is 0 Å². The first-order valence-electron chi connectivity index (χ1n) is 7.06. The van der Waals surface area contributed by atoms with E-state index in [1.165, 1.54) is 6.33 Å². The molecule has 0 atom stereocenters. The van der Waals surface area contributed by atoms with Crippen LogP contribution in [0.5, 0.6) is 0 Å². The molecule has 1 rings (SSSR count). The maximum Gasteiger partial charge on any atom is 0.353 e. The summed E-state index contributed by atoms with van der Waals surface area (Å²) in [7, 11) is 5.81. The van der Waals surface area contributed by atoms with E-state index in [0.29, 0.717) is 18.9 Å². The second kappa shape index (κ2) is 8.35. The van der Waals surface area contributed by atoms with E-state index in [1.807, 2.05) is 28.1 Å². The standard InChI is InChI=1S/C13H24N6O2/c1-5-7-14-12-11(19(20)21)13(16-10-15-12)18(4)9-6-8-17(2)3/h10H,5-9H2,1-4H3,(H,14,15,16). The smallest absolute Gasteiger partial charge is 0.353 e. The average molecular weight is 296 g/mol. The number of hydrogen-bond donors (Lipinski definition) is 1. The van der Waals surface area contributed by atoms with Crippen LogP contribution in [-0.4, -0.2) is 60.6 Å². The fourth-order valence-corrected chi connectivity index (χ4v) is 1.92. The Bertz CT molecular complexity index is 466. The van der Waals surface area contributed by atoms with Gasteiger partial charge >= 0.3 is 5.69 Å². The molecule has 8 nitrogen and oxygen atoms in total. The summed E-state index contributed by atoms with van der Waals surface area (Å²) in [5.74, 6) is 0.638. The van der Waals surface area contributed by atoms with E-state index < -0.39 is 4.92 Å². The average Bonchev–Trinajstić information content (AvgIpc) is 2.43. The second-order valence-corrected chi connectivity index (χ2v) is 5.16. The van der Waals surface area contributed by atoms with Crippen LogP contribution in [0.2, 0.25) is 0 Å². The lowest BCUT2D eigenvalue weighted by Gasteiger charge is -2.19. The number of rotatable bonds is 9. The van der Waals surface area contributed by atoms with Crippen molar-refractivity contribution in [3.05, 3.63) is 16.4 Å². The van der Waals surface area contributed by atoms with Gasteiger partial charge in [-0.15, -0.1) is 0 Å². The van der Waals surface area contributed by atoms with Crippen molar-refractivity contribution in [1.82, 2.24) is 14.9 Å². The molecule has 21 heavy (non-hydrogen) atoms. The predicted molar refractivity (Wildman–Crippen MR) is 83.9 cm³/mol. The van der Waals surface area contributed by atoms with Crippen LogP contribution >= 0.6 is 0 Å². The maximum absolute atomic E-state index is 11.3. The van der Waals surface area contributed by atoms with Gasteiger partial charge in [0.25, 0.3) is 0 Å². The lowest BCUT2D eigenvalue weighted by molar-refractivity contribution is -0.383. The minimum atomic E-state index is -0.421. The summed E-state index contributed by atoms with van der Waals surface area (Å²) in [4.78, 5) is 22.9. The van der Waals surface area contributed by atoms with Crippen molar-refractivity contribution in [3.8, 4) is 0 Å². The van der Waals surface area contributed by atoms with Crippen LogP contribution in [0.3, 0.4) is 0 Å². The highest BCUT2D eigenvalue weighted by atomic mass is 16.6. The van der Waals surface area contributed by atoms with Crippen LogP contribution in [0.25, 0.3) is 0 Å². The van der Waals surface area contributed by atoms with Gasteiger partial charge in [-0.05, 0) is 33.5 Å². The topological polar surface area (TPSA) is 87.4 Å². The molecule has 1 aromatic rings. The lowest BCUT2D eigenvalue weighted by Crippen LogP contribution is -2.25. The van der Waals surface area contributed by atoms with Crippen molar-refractivity contribution < 1.29 is 4.92 Å². The number of nitrogens with zero attached hydrogens (tertiary/aromatic N) is 5. The molecule has 1 N–H and O–H groups in total. The molecule has 8 heteroatoms. The summed E-state index contributed by atoms with van der Waals surface area (Å²) in [6, 6.07) is 0. The third kappa shape index (κ3) is 5.14. The van der Waals surface area contributed by atoms with Gasteiger partial charge in [0.05, 0.1) is 4.92 Å². The van der Waals surface area contributed by atoms with Crippen molar-refractivity contribution in [3.63, 3.8) is 0 Å². The van der Waals surface area contributed by atoms with Crippen LogP contribution in [0.15, 0.2) is 6.33 Å². The Hall–Kier alpha value is -1.96. The Labute approximate surface area is 125 Å². The summed E-state index contributed by atoms with van der Waals surface area (Å²) in [6.45, 7) is 4.25. The number of anilines is 2. The minimum Gasteiger partial charge on any atom is -0.364 e. The zero-order valence-electron chi connectivity index (χ0n) is 13.2. The summed E-state index contributed by atoms with van der Waals surface area (Å²) < 4.78 is 0. The Morgan fingerprint density at radius 1 is 1.29 bits per heavy atom. The molecule has 0 aliphatic rings. The first-order chi connectivity index (χ1) is 9.97. The molecule has 1 aromatic heterocycles. The van der Waals surface area contributed by atoms with E-state index in [4.69, 9.17) is 0 Å². The van der Waals surface area contributed by atoms with Crippen LogP contribution in [-0.2, 0) is 0 Å². The minimum absolute atomic E-state index is 0.0571. The molecule has 1 heterocycles. The van der Waals surface area contributed by atoms with Gasteiger partial charge in [0.2, 0.25) is 11.6 Å². The SMILES string of the molecule is CCCNc1ncnc(N(C)CCCN(C)C)c1[N+](=O)[O-]. The molecule has 118 valence electrons. The van der Waals surface area contributed by atoms with Crippen molar-refractivity contribution in [2.45, 2.75) is 19.8 Å². The highest BCUT2D eigenvalue weighted by molar-refractivity contribution is 5.69. The second-order valence-electron chi connectivity index (χ2n) is 5.16. The monoisotopic (exact) mass is 296 g/mol. The Balaban J connectivity index is 2.91. The van der Waals surface area contributed by atoms with E-state index in [-0.39, 0.29) is 11.5 Å². The largest absolute Gasteiger partial charge is 0.364 e. The third-order valence-electron chi connectivity index (χ3n) is 2.99. The molecular weight excluding hydrogens is 272 g/mol. The molecule has 0 spiro atoms. The Morgan fingerprint density at radius 2 is 2.00 bits per heavy atom. The molecule has 0 aromatic carbocycles. The van der Waals surface area contributed by atoms with Gasteiger partial charge in [-0.2, -0.15) is 0 Å². The van der Waals surface area contributed by atoms with Crippen LogP contribution in [0.1, 0.15) is 19.8 Å². The molecule has 0 saturated carbocycles. The van der Waals surface area contributed by atoms with E-state index in [9.17, 15) is 10.1 Å². The zero-order chi connectivity index (χ0) is 15.8. The number of nitro groups is 1. The molecule has 0 bridgehead atoms. The number of hydrogen-bond acceptors (Lipinski definition) is 7. The van der Waals surface area contributed by atoms with Crippen molar-refractivity contribution in [2.75, 3.05) is 51.0 Å². The predicted octanol–water partition coefficient (Wildman–Crippen LogP) is 1.59. The molecule has 0 aliphatic heterocycles. The quantitative estimate of drug-likeness (QED) is 0.547. The molecule has 0 amide bonds. The third-order valence-corrected chi connectivity index (χ3v) is 2.99. The number of aromatic nitrogens is 2. The fraction of sp³-hybridized carbons (Fsp3) is 0.692. The van der Waals surface area contributed by atoms with Crippen LogP contribution < -0.4 is 10.2 Å². The first-order valence-corrected chi connectivity index (χ1v) is 7.06. The molecule has 0 unspecified atom stereocenters. The van der Waals surface area contributed by atoms with Crippen molar-refractivity contribution >= 4 is 17.3 Å². The maximum atomic E-state index is 11.3. The summed E-state index contributed by atoms with van der Waals surface area (Å²) in [6.07, 6.45) is 3.14. The number of nitrogens with one attached hydrogen (secondary N) is 1. The molecule has 0 fully saturated rings. The van der Waals surface area contributed by atoms with Crippen molar-refractivity contribution in [1.29, 1.82) is 0 Å². The van der Waals surface area contributed by atoms with E-state index in [1.54, 1.807) is 4.90 Å². The highest BCUT2D eigenvalue weighted by Gasteiger charge is 2.25. The van der Waals surface area contributed by atoms with E-state index >= 15 is 0 Å². The van der Waals surface area contributed by atoms with Gasteiger partial charge in [-0.25, -0.2) is 9.97 Å². The fourth-order valence-electron chi connectivity index (χ4n) is 1.92. The Morgan fingerprint density at radius 3 is 2.57 bits per heavy atom. The van der Waals surface area contributed by atoms with Crippen LogP contribution in [0.4, 0.5) is 17.3 Å². The highest BCUT2D eigenvalue weighted by Crippen LogP contribution is 2.31. The lowest BCUT2D eigenvalue weighted by atomic mass is 10.3.